The molecule has 1 unspecified atom stereocenters. The van der Waals surface area contributed by atoms with E-state index in [4.69, 9.17) is 27.4 Å². The molecule has 0 spiro atoms. The van der Waals surface area contributed by atoms with Gasteiger partial charge in [0.2, 0.25) is 0 Å². The molecule has 0 rings (SSSR count). The van der Waals surface area contributed by atoms with E-state index in [9.17, 15) is 0 Å². The minimum atomic E-state index is -4.67. The zero-order valence-electron chi connectivity index (χ0n) is 9.25. The molecule has 0 aliphatic rings. The number of rotatable bonds is 4. The summed E-state index contributed by atoms with van der Waals surface area (Å²) in [6, 6.07) is 0. The molecule has 0 aliphatic heterocycles. The van der Waals surface area contributed by atoms with Crippen molar-refractivity contribution in [2.24, 2.45) is 0 Å². The molecule has 0 aromatic carbocycles. The SMILES string of the molecule is C=CCOC(O)CC.O=S(=O)(O)O.[H-].[Na+]. The van der Waals surface area contributed by atoms with Crippen LogP contribution in [0.15, 0.2) is 12.7 Å². The van der Waals surface area contributed by atoms with Crippen molar-refractivity contribution in [3.8, 4) is 0 Å². The van der Waals surface area contributed by atoms with Gasteiger partial charge in [-0.2, -0.15) is 8.42 Å². The molecule has 14 heavy (non-hydrogen) atoms. The van der Waals surface area contributed by atoms with E-state index in [0.717, 1.165) is 0 Å². The van der Waals surface area contributed by atoms with Gasteiger partial charge >= 0.3 is 40.0 Å². The molecule has 0 aromatic heterocycles. The molecular formula is C6H15NaO6S. The summed E-state index contributed by atoms with van der Waals surface area (Å²) in [7, 11) is -4.67. The monoisotopic (exact) mass is 238 g/mol. The Hall–Kier alpha value is 0.530. The molecule has 0 aromatic rings. The summed E-state index contributed by atoms with van der Waals surface area (Å²) in [6.07, 6.45) is 1.63. The Balaban J connectivity index is -0.0000000770. The average Bonchev–Trinajstić information content (AvgIpc) is 1.97. The third-order valence-electron chi connectivity index (χ3n) is 0.756. The van der Waals surface area contributed by atoms with Crippen molar-refractivity contribution < 1.29 is 58.4 Å². The van der Waals surface area contributed by atoms with Gasteiger partial charge in [0, 0.05) is 0 Å². The van der Waals surface area contributed by atoms with Gasteiger partial charge in [0.15, 0.2) is 6.29 Å². The second kappa shape index (κ2) is 11.6. The zero-order chi connectivity index (χ0) is 10.9. The van der Waals surface area contributed by atoms with Crippen molar-refractivity contribution in [3.63, 3.8) is 0 Å². The summed E-state index contributed by atoms with van der Waals surface area (Å²) in [6.45, 7) is 5.71. The molecule has 82 valence electrons. The van der Waals surface area contributed by atoms with E-state index < -0.39 is 16.7 Å². The number of aliphatic hydroxyl groups is 1. The fourth-order valence-corrected chi connectivity index (χ4v) is 0.297. The molecule has 0 bridgehead atoms. The van der Waals surface area contributed by atoms with E-state index in [0.29, 0.717) is 13.0 Å². The first-order valence-corrected chi connectivity index (χ1v) is 4.81. The minimum Gasteiger partial charge on any atom is -1.00 e. The predicted molar refractivity (Wildman–Crippen MR) is 47.7 cm³/mol. The van der Waals surface area contributed by atoms with Gasteiger partial charge in [-0.1, -0.05) is 13.0 Å². The van der Waals surface area contributed by atoms with Crippen LogP contribution >= 0.6 is 0 Å². The smallest absolute Gasteiger partial charge is 1.00 e. The summed E-state index contributed by atoms with van der Waals surface area (Å²) in [5.74, 6) is 0. The Kier molecular flexibility index (Phi) is 16.6. The van der Waals surface area contributed by atoms with Gasteiger partial charge < -0.3 is 11.3 Å². The van der Waals surface area contributed by atoms with Gasteiger partial charge in [0.25, 0.3) is 0 Å². The van der Waals surface area contributed by atoms with Gasteiger partial charge in [-0.3, -0.25) is 9.11 Å². The van der Waals surface area contributed by atoms with Crippen LogP contribution in [0.25, 0.3) is 0 Å². The molecule has 0 saturated carbocycles. The third kappa shape index (κ3) is 39.1. The Bertz CT molecular complexity index is 212. The molecule has 3 N–H and O–H groups in total. The van der Waals surface area contributed by atoms with E-state index in [1.807, 2.05) is 6.92 Å². The van der Waals surface area contributed by atoms with Crippen molar-refractivity contribution in [3.05, 3.63) is 12.7 Å². The first kappa shape index (κ1) is 20.0. The van der Waals surface area contributed by atoms with E-state index in [2.05, 4.69) is 6.58 Å². The van der Waals surface area contributed by atoms with Crippen LogP contribution in [0, 0.1) is 0 Å². The standard InChI is InChI=1S/C6H12O2.Na.H2O4S.H/c1-3-5-8-6(7)4-2;;1-5(2,3)4;/h3,6-7H,1,4-5H2,2H3;;(H2,1,2,3,4);/q;+1;;-1. The first-order chi connectivity index (χ1) is 5.81. The Labute approximate surface area is 107 Å². The maximum Gasteiger partial charge on any atom is 1.00 e. The van der Waals surface area contributed by atoms with E-state index in [-0.39, 0.29) is 31.0 Å². The number of aliphatic hydroxyl groups excluding tert-OH is 1. The third-order valence-corrected chi connectivity index (χ3v) is 0.756. The molecule has 8 heteroatoms. The van der Waals surface area contributed by atoms with E-state index in [1.165, 1.54) is 0 Å². The van der Waals surface area contributed by atoms with Crippen LogP contribution in [0.2, 0.25) is 0 Å². The summed E-state index contributed by atoms with van der Waals surface area (Å²) in [4.78, 5) is 0. The first-order valence-electron chi connectivity index (χ1n) is 3.41. The Morgan fingerprint density at radius 1 is 1.57 bits per heavy atom. The molecule has 0 aliphatic carbocycles. The van der Waals surface area contributed by atoms with Gasteiger partial charge in [0.1, 0.15) is 0 Å². The molecule has 0 heterocycles. The molecule has 1 atom stereocenters. The molecule has 6 nitrogen and oxygen atoms in total. The van der Waals surface area contributed by atoms with Crippen molar-refractivity contribution >= 4 is 10.4 Å². The average molecular weight is 238 g/mol. The van der Waals surface area contributed by atoms with Crippen LogP contribution in [0.3, 0.4) is 0 Å². The van der Waals surface area contributed by atoms with E-state index in [1.54, 1.807) is 6.08 Å². The number of hydrogen-bond donors (Lipinski definition) is 3. The van der Waals surface area contributed by atoms with Crippen LogP contribution in [-0.2, 0) is 15.1 Å². The van der Waals surface area contributed by atoms with Gasteiger partial charge in [-0.05, 0) is 6.42 Å². The number of ether oxygens (including phenoxy) is 1. The molecule has 0 amide bonds. The Morgan fingerprint density at radius 2 is 1.93 bits per heavy atom. The minimum absolute atomic E-state index is 0. The van der Waals surface area contributed by atoms with Crippen molar-refractivity contribution in [1.29, 1.82) is 0 Å². The normalized spacial score (nSPS) is 11.7. The van der Waals surface area contributed by atoms with Gasteiger partial charge in [0.05, 0.1) is 6.61 Å². The van der Waals surface area contributed by atoms with Crippen molar-refractivity contribution in [1.82, 2.24) is 0 Å². The topological polar surface area (TPSA) is 104 Å². The molecule has 0 radical (unpaired) electrons. The zero-order valence-corrected chi connectivity index (χ0v) is 11.1. The summed E-state index contributed by atoms with van der Waals surface area (Å²) >= 11 is 0. The summed E-state index contributed by atoms with van der Waals surface area (Å²) in [5, 5.41) is 8.72. The maximum atomic E-state index is 8.74. The summed E-state index contributed by atoms with van der Waals surface area (Å²) in [5.41, 5.74) is 0. The fraction of sp³-hybridized carbons (Fsp3) is 0.667. The second-order valence-corrected chi connectivity index (χ2v) is 2.83. The van der Waals surface area contributed by atoms with Crippen LogP contribution in [0.4, 0.5) is 0 Å². The van der Waals surface area contributed by atoms with Crippen LogP contribution in [0.1, 0.15) is 14.8 Å². The van der Waals surface area contributed by atoms with Gasteiger partial charge in [-0.15, -0.1) is 6.58 Å². The van der Waals surface area contributed by atoms with Gasteiger partial charge in [-0.25, -0.2) is 0 Å². The molecule has 0 saturated heterocycles. The van der Waals surface area contributed by atoms with Crippen molar-refractivity contribution in [2.45, 2.75) is 19.6 Å². The Morgan fingerprint density at radius 3 is 2.14 bits per heavy atom. The predicted octanol–water partition coefficient (Wildman–Crippen LogP) is -2.62. The van der Waals surface area contributed by atoms with Crippen LogP contribution in [-0.4, -0.2) is 35.5 Å². The number of hydrogen-bond acceptors (Lipinski definition) is 4. The van der Waals surface area contributed by atoms with E-state index >= 15 is 0 Å². The molecule has 0 fully saturated rings. The maximum absolute atomic E-state index is 8.74. The van der Waals surface area contributed by atoms with Crippen LogP contribution in [0.5, 0.6) is 0 Å². The van der Waals surface area contributed by atoms with Crippen LogP contribution < -0.4 is 29.6 Å². The van der Waals surface area contributed by atoms with Crippen molar-refractivity contribution in [2.75, 3.05) is 6.61 Å². The largest absolute Gasteiger partial charge is 1.00 e. The molecular weight excluding hydrogens is 223 g/mol. The quantitative estimate of drug-likeness (QED) is 0.214. The fourth-order valence-electron chi connectivity index (χ4n) is 0.297. The second-order valence-electron chi connectivity index (χ2n) is 1.93. The summed E-state index contributed by atoms with van der Waals surface area (Å²) < 4.78 is 36.4.